The number of nitrogen functional groups attached to an aromatic ring is 1. The van der Waals surface area contributed by atoms with Crippen LogP contribution in [-0.2, 0) is 0 Å². The lowest BCUT2D eigenvalue weighted by atomic mass is 10.3. The maximum atomic E-state index is 5.66. The molecular formula is C23H18N8. The quantitative estimate of drug-likeness (QED) is 0.259. The van der Waals surface area contributed by atoms with Gasteiger partial charge in [-0.3, -0.25) is 4.98 Å². The highest BCUT2D eigenvalue weighted by molar-refractivity contribution is 5.51. The average Bonchev–Trinajstić information content (AvgIpc) is 2.83. The molecule has 0 saturated carbocycles. The van der Waals surface area contributed by atoms with Crippen LogP contribution in [0.5, 0.6) is 0 Å². The topological polar surface area (TPSA) is 113 Å². The van der Waals surface area contributed by atoms with E-state index in [9.17, 15) is 0 Å². The van der Waals surface area contributed by atoms with Crippen LogP contribution in [0.15, 0.2) is 128 Å². The summed E-state index contributed by atoms with van der Waals surface area (Å²) in [6.07, 6.45) is 3.35. The number of pyridine rings is 1. The molecular weight excluding hydrogens is 388 g/mol. The van der Waals surface area contributed by atoms with Crippen molar-refractivity contribution in [3.8, 4) is 0 Å². The van der Waals surface area contributed by atoms with Crippen molar-refractivity contribution in [3.63, 3.8) is 0 Å². The Hall–Kier alpha value is -4.59. The van der Waals surface area contributed by atoms with Crippen LogP contribution in [0.1, 0.15) is 0 Å². The summed E-state index contributed by atoms with van der Waals surface area (Å²) in [5, 5.41) is 25.2. The third-order valence-corrected chi connectivity index (χ3v) is 4.10. The van der Waals surface area contributed by atoms with Crippen molar-refractivity contribution in [1.29, 1.82) is 0 Å². The van der Waals surface area contributed by atoms with Gasteiger partial charge in [0.2, 0.25) is 0 Å². The van der Waals surface area contributed by atoms with E-state index in [0.717, 1.165) is 28.4 Å². The maximum absolute atomic E-state index is 5.66. The van der Waals surface area contributed by atoms with Crippen LogP contribution >= 0.6 is 0 Å². The van der Waals surface area contributed by atoms with Gasteiger partial charge in [0.1, 0.15) is 0 Å². The van der Waals surface area contributed by atoms with Gasteiger partial charge in [0, 0.05) is 18.1 Å². The predicted octanol–water partition coefficient (Wildman–Crippen LogP) is 7.91. The van der Waals surface area contributed by atoms with E-state index in [-0.39, 0.29) is 0 Å². The molecule has 0 saturated heterocycles. The monoisotopic (exact) mass is 406 g/mol. The van der Waals surface area contributed by atoms with Gasteiger partial charge >= 0.3 is 0 Å². The van der Waals surface area contributed by atoms with Gasteiger partial charge in [0.25, 0.3) is 0 Å². The summed E-state index contributed by atoms with van der Waals surface area (Å²) in [6.45, 7) is 0. The molecule has 0 atom stereocenters. The van der Waals surface area contributed by atoms with E-state index in [1.54, 1.807) is 36.7 Å². The number of rotatable bonds is 6. The molecule has 0 aliphatic heterocycles. The summed E-state index contributed by atoms with van der Waals surface area (Å²) >= 11 is 0. The SMILES string of the molecule is Nc1ccc(N=Nc2ccc(N=Nc3ccc(N=Nc4ccncc4)cc3)cc2)cc1. The van der Waals surface area contributed by atoms with E-state index in [4.69, 9.17) is 5.73 Å². The fraction of sp³-hybridized carbons (Fsp3) is 0. The minimum absolute atomic E-state index is 0.692. The number of azo groups is 3. The Balaban J connectivity index is 1.36. The second-order valence-corrected chi connectivity index (χ2v) is 6.43. The number of nitrogens with two attached hydrogens (primary N) is 1. The second-order valence-electron chi connectivity index (χ2n) is 6.43. The summed E-state index contributed by atoms with van der Waals surface area (Å²) in [7, 11) is 0. The number of hydrogen-bond donors (Lipinski definition) is 1. The lowest BCUT2D eigenvalue weighted by molar-refractivity contribution is 1.20. The molecule has 8 heteroatoms. The van der Waals surface area contributed by atoms with Crippen molar-refractivity contribution in [2.75, 3.05) is 5.73 Å². The van der Waals surface area contributed by atoms with Gasteiger partial charge in [0.05, 0.1) is 34.1 Å². The van der Waals surface area contributed by atoms with Gasteiger partial charge in [-0.2, -0.15) is 30.7 Å². The first-order chi connectivity index (χ1) is 15.2. The van der Waals surface area contributed by atoms with Crippen LogP contribution < -0.4 is 5.73 Å². The number of aromatic nitrogens is 1. The molecule has 0 spiro atoms. The molecule has 0 amide bonds. The van der Waals surface area contributed by atoms with Crippen LogP contribution in [0.2, 0.25) is 0 Å². The Morgan fingerprint density at radius 3 is 0.968 bits per heavy atom. The number of nitrogens with zero attached hydrogens (tertiary/aromatic N) is 7. The first-order valence-corrected chi connectivity index (χ1v) is 9.45. The van der Waals surface area contributed by atoms with Gasteiger partial charge < -0.3 is 5.73 Å². The lowest BCUT2D eigenvalue weighted by Crippen LogP contribution is -1.80. The third-order valence-electron chi connectivity index (χ3n) is 4.10. The van der Waals surface area contributed by atoms with Crippen molar-refractivity contribution in [2.45, 2.75) is 0 Å². The first-order valence-electron chi connectivity index (χ1n) is 9.45. The summed E-state index contributed by atoms with van der Waals surface area (Å²) in [5.41, 5.74) is 10.7. The molecule has 8 nitrogen and oxygen atoms in total. The highest BCUT2D eigenvalue weighted by Gasteiger charge is 1.96. The minimum Gasteiger partial charge on any atom is -0.399 e. The highest BCUT2D eigenvalue weighted by Crippen LogP contribution is 2.25. The Morgan fingerprint density at radius 1 is 0.387 bits per heavy atom. The van der Waals surface area contributed by atoms with E-state index in [1.807, 2.05) is 60.7 Å². The third kappa shape index (κ3) is 5.94. The molecule has 1 aromatic heterocycles. The Kier molecular flexibility index (Phi) is 6.20. The zero-order chi connectivity index (χ0) is 21.3. The van der Waals surface area contributed by atoms with E-state index >= 15 is 0 Å². The molecule has 0 unspecified atom stereocenters. The zero-order valence-corrected chi connectivity index (χ0v) is 16.4. The van der Waals surface area contributed by atoms with Gasteiger partial charge in [-0.05, 0) is 84.9 Å². The summed E-state index contributed by atoms with van der Waals surface area (Å²) < 4.78 is 0. The van der Waals surface area contributed by atoms with Crippen molar-refractivity contribution in [3.05, 3.63) is 97.3 Å². The molecule has 4 rings (SSSR count). The van der Waals surface area contributed by atoms with Crippen LogP contribution in [0.25, 0.3) is 0 Å². The van der Waals surface area contributed by atoms with Crippen molar-refractivity contribution < 1.29 is 0 Å². The summed E-state index contributed by atoms with van der Waals surface area (Å²) in [4.78, 5) is 3.95. The number of hydrogen-bond acceptors (Lipinski definition) is 8. The van der Waals surface area contributed by atoms with Gasteiger partial charge in [-0.1, -0.05) is 0 Å². The molecule has 3 aromatic carbocycles. The van der Waals surface area contributed by atoms with Crippen LogP contribution in [0.3, 0.4) is 0 Å². The molecule has 150 valence electrons. The van der Waals surface area contributed by atoms with Crippen molar-refractivity contribution in [1.82, 2.24) is 4.98 Å². The molecule has 0 bridgehead atoms. The fourth-order valence-electron chi connectivity index (χ4n) is 2.47. The van der Waals surface area contributed by atoms with Gasteiger partial charge in [-0.15, -0.1) is 0 Å². The zero-order valence-electron chi connectivity index (χ0n) is 16.4. The highest BCUT2D eigenvalue weighted by atomic mass is 15.1. The Labute approximate surface area is 179 Å². The average molecular weight is 406 g/mol. The lowest BCUT2D eigenvalue weighted by Gasteiger charge is -1.97. The summed E-state index contributed by atoms with van der Waals surface area (Å²) in [5.74, 6) is 0. The van der Waals surface area contributed by atoms with E-state index in [1.165, 1.54) is 0 Å². The van der Waals surface area contributed by atoms with E-state index in [0.29, 0.717) is 11.4 Å². The predicted molar refractivity (Wildman–Crippen MR) is 121 cm³/mol. The molecule has 31 heavy (non-hydrogen) atoms. The van der Waals surface area contributed by atoms with E-state index < -0.39 is 0 Å². The molecule has 0 aliphatic carbocycles. The molecule has 0 fully saturated rings. The van der Waals surface area contributed by atoms with Crippen molar-refractivity contribution in [2.24, 2.45) is 30.7 Å². The Bertz CT molecular complexity index is 1200. The molecule has 0 radical (unpaired) electrons. The fourth-order valence-corrected chi connectivity index (χ4v) is 2.47. The van der Waals surface area contributed by atoms with Crippen LogP contribution in [0, 0.1) is 0 Å². The van der Waals surface area contributed by atoms with Crippen LogP contribution in [-0.4, -0.2) is 4.98 Å². The van der Waals surface area contributed by atoms with Gasteiger partial charge in [0.15, 0.2) is 0 Å². The van der Waals surface area contributed by atoms with E-state index in [2.05, 4.69) is 35.7 Å². The molecule has 4 aromatic rings. The summed E-state index contributed by atoms with van der Waals surface area (Å²) in [6, 6.07) is 25.4. The number of benzene rings is 3. The second kappa shape index (κ2) is 9.75. The van der Waals surface area contributed by atoms with Crippen molar-refractivity contribution >= 4 is 39.8 Å². The molecule has 2 N–H and O–H groups in total. The molecule has 1 heterocycles. The Morgan fingerprint density at radius 2 is 0.645 bits per heavy atom. The molecule has 0 aliphatic rings. The standard InChI is InChI=1S/C23H18N8/c24-17-1-3-18(4-2-17)26-27-19-5-7-20(8-6-19)28-29-21-9-11-22(12-10-21)30-31-23-13-15-25-16-14-23/h1-16H,24H2. The largest absolute Gasteiger partial charge is 0.399 e. The number of anilines is 1. The van der Waals surface area contributed by atoms with Gasteiger partial charge in [-0.25, -0.2) is 0 Å². The minimum atomic E-state index is 0.692. The van der Waals surface area contributed by atoms with Crippen LogP contribution in [0.4, 0.5) is 39.8 Å². The first kappa shape index (κ1) is 19.7. The smallest absolute Gasteiger partial charge is 0.0887 e. The maximum Gasteiger partial charge on any atom is 0.0887 e. The normalized spacial score (nSPS) is 11.6.